The van der Waals surface area contributed by atoms with E-state index < -0.39 is 34.0 Å². The Kier molecular flexibility index (Phi) is 3.97. The van der Waals surface area contributed by atoms with Gasteiger partial charge in [-0.3, -0.25) is 0 Å². The van der Waals surface area contributed by atoms with Crippen LogP contribution < -0.4 is 4.74 Å². The number of aliphatic hydroxyl groups is 1. The van der Waals surface area contributed by atoms with Gasteiger partial charge in [0.05, 0.1) is 17.6 Å². The molecule has 0 spiro atoms. The highest BCUT2D eigenvalue weighted by Gasteiger charge is 2.34. The molecule has 1 saturated heterocycles. The van der Waals surface area contributed by atoms with Crippen LogP contribution in [0.25, 0.3) is 0 Å². The predicted octanol–water partition coefficient (Wildman–Crippen LogP) is 2.05. The van der Waals surface area contributed by atoms with Gasteiger partial charge >= 0.3 is 6.36 Å². The van der Waals surface area contributed by atoms with Crippen LogP contribution in [0, 0.1) is 5.92 Å². The van der Waals surface area contributed by atoms with Gasteiger partial charge in [-0.2, -0.15) is 0 Å². The summed E-state index contributed by atoms with van der Waals surface area (Å²) in [5.41, 5.74) is 0.217. The molecule has 20 heavy (non-hydrogen) atoms. The molecule has 1 N–H and O–H groups in total. The lowest BCUT2D eigenvalue weighted by molar-refractivity contribution is -0.274. The zero-order valence-electron chi connectivity index (χ0n) is 10.3. The first-order chi connectivity index (χ1) is 9.16. The van der Waals surface area contributed by atoms with Crippen molar-refractivity contribution in [2.24, 2.45) is 5.92 Å². The minimum absolute atomic E-state index is 0.00648. The molecule has 0 saturated carbocycles. The maximum atomic E-state index is 12.1. The molecule has 0 bridgehead atoms. The third-order valence-electron chi connectivity index (χ3n) is 3.15. The number of hydrogen-bond donors (Lipinski definition) is 1. The lowest BCUT2D eigenvalue weighted by Gasteiger charge is -2.18. The third-order valence-corrected chi connectivity index (χ3v) is 4.94. The van der Waals surface area contributed by atoms with Crippen LogP contribution in [0.1, 0.15) is 18.1 Å². The Morgan fingerprint density at radius 1 is 1.35 bits per heavy atom. The summed E-state index contributed by atoms with van der Waals surface area (Å²) in [5, 5.41) is 10.1. The molecular weight excluding hydrogens is 297 g/mol. The van der Waals surface area contributed by atoms with Crippen LogP contribution in [-0.4, -0.2) is 31.4 Å². The van der Waals surface area contributed by atoms with Crippen LogP contribution in [0.2, 0.25) is 0 Å². The van der Waals surface area contributed by atoms with Crippen molar-refractivity contribution in [3.63, 3.8) is 0 Å². The average Bonchev–Trinajstić information content (AvgIpc) is 2.67. The number of halogens is 3. The Balaban J connectivity index is 2.15. The molecule has 1 aromatic rings. The fourth-order valence-corrected chi connectivity index (χ4v) is 4.07. The molecule has 1 heterocycles. The molecule has 1 aromatic carbocycles. The number of alkyl halides is 3. The van der Waals surface area contributed by atoms with E-state index in [9.17, 15) is 26.7 Å². The van der Waals surface area contributed by atoms with Crippen molar-refractivity contribution in [3.05, 3.63) is 29.8 Å². The van der Waals surface area contributed by atoms with Crippen LogP contribution in [0.3, 0.4) is 0 Å². The average molecular weight is 310 g/mol. The summed E-state index contributed by atoms with van der Waals surface area (Å²) in [7, 11) is -3.16. The summed E-state index contributed by atoms with van der Waals surface area (Å²) in [6, 6.07) is 4.96. The predicted molar refractivity (Wildman–Crippen MR) is 64.8 cm³/mol. The number of hydrogen-bond acceptors (Lipinski definition) is 4. The van der Waals surface area contributed by atoms with Crippen molar-refractivity contribution in [2.75, 3.05) is 11.5 Å². The highest BCUT2D eigenvalue weighted by atomic mass is 32.2. The summed E-state index contributed by atoms with van der Waals surface area (Å²) in [5.74, 6) is -1.09. The number of rotatable bonds is 3. The molecule has 0 aromatic heterocycles. The molecule has 0 amide bonds. The van der Waals surface area contributed by atoms with Crippen molar-refractivity contribution >= 4 is 9.84 Å². The van der Waals surface area contributed by atoms with Gasteiger partial charge in [-0.25, -0.2) is 8.42 Å². The molecule has 8 heteroatoms. The molecule has 1 aliphatic heterocycles. The van der Waals surface area contributed by atoms with E-state index in [4.69, 9.17) is 0 Å². The molecule has 2 rings (SSSR count). The quantitative estimate of drug-likeness (QED) is 0.928. The van der Waals surface area contributed by atoms with Gasteiger partial charge in [-0.15, -0.1) is 13.2 Å². The van der Waals surface area contributed by atoms with E-state index in [2.05, 4.69) is 4.74 Å². The standard InChI is InChI=1S/C12H13F3O4S/c13-12(14,15)19-10-3-1-2-8(6-10)11(16)9-4-5-20(17,18)7-9/h1-3,6,9,11,16H,4-5,7H2. The first kappa shape index (κ1) is 15.1. The first-order valence-corrected chi connectivity index (χ1v) is 7.73. The molecule has 0 aliphatic carbocycles. The van der Waals surface area contributed by atoms with Gasteiger partial charge in [0.1, 0.15) is 5.75 Å². The Morgan fingerprint density at radius 3 is 2.60 bits per heavy atom. The van der Waals surface area contributed by atoms with Gasteiger partial charge in [0, 0.05) is 5.92 Å². The van der Waals surface area contributed by atoms with E-state index in [0.29, 0.717) is 6.42 Å². The number of aliphatic hydroxyl groups excluding tert-OH is 1. The van der Waals surface area contributed by atoms with Gasteiger partial charge < -0.3 is 9.84 Å². The van der Waals surface area contributed by atoms with Crippen LogP contribution in [0.5, 0.6) is 5.75 Å². The summed E-state index contributed by atoms with van der Waals surface area (Å²) in [6.07, 6.45) is -5.63. The Bertz CT molecular complexity index is 583. The molecule has 2 atom stereocenters. The zero-order valence-corrected chi connectivity index (χ0v) is 11.1. The molecule has 0 radical (unpaired) electrons. The van der Waals surface area contributed by atoms with Gasteiger partial charge in [-0.05, 0) is 24.1 Å². The topological polar surface area (TPSA) is 63.6 Å². The minimum atomic E-state index is -4.81. The molecule has 1 aliphatic rings. The minimum Gasteiger partial charge on any atom is -0.406 e. The molecule has 2 unspecified atom stereocenters. The highest BCUT2D eigenvalue weighted by molar-refractivity contribution is 7.91. The van der Waals surface area contributed by atoms with Crippen LogP contribution in [0.15, 0.2) is 24.3 Å². The van der Waals surface area contributed by atoms with Gasteiger partial charge in [0.2, 0.25) is 0 Å². The smallest absolute Gasteiger partial charge is 0.406 e. The summed E-state index contributed by atoms with van der Waals surface area (Å²) in [6.45, 7) is 0. The maximum Gasteiger partial charge on any atom is 0.573 e. The number of benzene rings is 1. The second kappa shape index (κ2) is 5.25. The zero-order chi connectivity index (χ0) is 15.0. The van der Waals surface area contributed by atoms with E-state index in [-0.39, 0.29) is 17.1 Å². The van der Waals surface area contributed by atoms with Crippen LogP contribution >= 0.6 is 0 Å². The first-order valence-electron chi connectivity index (χ1n) is 5.90. The van der Waals surface area contributed by atoms with E-state index in [1.165, 1.54) is 12.1 Å². The lowest BCUT2D eigenvalue weighted by Crippen LogP contribution is -2.18. The Labute approximate surface area is 114 Å². The van der Waals surface area contributed by atoms with Crippen molar-refractivity contribution < 1.29 is 31.4 Å². The Morgan fingerprint density at radius 2 is 2.05 bits per heavy atom. The van der Waals surface area contributed by atoms with Crippen LogP contribution in [-0.2, 0) is 9.84 Å². The number of ether oxygens (including phenoxy) is 1. The molecule has 4 nitrogen and oxygen atoms in total. The second-order valence-corrected chi connectivity index (χ2v) is 6.96. The van der Waals surface area contributed by atoms with Gasteiger partial charge in [0.25, 0.3) is 0 Å². The molecule has 1 fully saturated rings. The molecular formula is C12H13F3O4S. The van der Waals surface area contributed by atoms with Crippen molar-refractivity contribution in [1.82, 2.24) is 0 Å². The largest absolute Gasteiger partial charge is 0.573 e. The fraction of sp³-hybridized carbons (Fsp3) is 0.500. The monoisotopic (exact) mass is 310 g/mol. The summed E-state index contributed by atoms with van der Waals surface area (Å²) >= 11 is 0. The van der Waals surface area contributed by atoms with Gasteiger partial charge in [-0.1, -0.05) is 12.1 Å². The second-order valence-electron chi connectivity index (χ2n) is 4.73. The SMILES string of the molecule is O=S1(=O)CCC(C(O)c2cccc(OC(F)(F)F)c2)C1. The van der Waals surface area contributed by atoms with Gasteiger partial charge in [0.15, 0.2) is 9.84 Å². The van der Waals surface area contributed by atoms with E-state index in [0.717, 1.165) is 12.1 Å². The van der Waals surface area contributed by atoms with Crippen molar-refractivity contribution in [3.8, 4) is 5.75 Å². The summed E-state index contributed by atoms with van der Waals surface area (Å²) in [4.78, 5) is 0. The van der Waals surface area contributed by atoms with Crippen molar-refractivity contribution in [1.29, 1.82) is 0 Å². The lowest BCUT2D eigenvalue weighted by atomic mass is 9.95. The van der Waals surface area contributed by atoms with E-state index in [1.54, 1.807) is 0 Å². The maximum absolute atomic E-state index is 12.1. The van der Waals surface area contributed by atoms with E-state index >= 15 is 0 Å². The highest BCUT2D eigenvalue weighted by Crippen LogP contribution is 2.33. The fourth-order valence-electron chi connectivity index (χ4n) is 2.24. The Hall–Kier alpha value is -1.28. The normalized spacial score (nSPS) is 23.5. The molecule has 112 valence electrons. The van der Waals surface area contributed by atoms with E-state index in [1.807, 2.05) is 0 Å². The van der Waals surface area contributed by atoms with Crippen molar-refractivity contribution in [2.45, 2.75) is 18.9 Å². The summed E-state index contributed by atoms with van der Waals surface area (Å²) < 4.78 is 62.8. The third kappa shape index (κ3) is 3.86. The van der Waals surface area contributed by atoms with Crippen LogP contribution in [0.4, 0.5) is 13.2 Å². The number of sulfone groups is 1.